The van der Waals surface area contributed by atoms with Gasteiger partial charge >= 0.3 is 0 Å². The molecule has 0 aromatic carbocycles. The van der Waals surface area contributed by atoms with Gasteiger partial charge in [0.05, 0.1) is 19.1 Å². The van der Waals surface area contributed by atoms with Crippen molar-refractivity contribution in [3.8, 4) is 0 Å². The Morgan fingerprint density at radius 1 is 0.812 bits per heavy atom. The monoisotopic (exact) mass is 670 g/mol. The van der Waals surface area contributed by atoms with Gasteiger partial charge in [-0.3, -0.25) is 28.9 Å². The van der Waals surface area contributed by atoms with Crippen molar-refractivity contribution in [3.05, 3.63) is 23.2 Å². The van der Waals surface area contributed by atoms with Gasteiger partial charge in [0.25, 0.3) is 5.91 Å². The molecule has 5 amide bonds. The zero-order valence-electron chi connectivity index (χ0n) is 29.2. The van der Waals surface area contributed by atoms with E-state index in [1.165, 1.54) is 12.8 Å². The Morgan fingerprint density at radius 2 is 1.42 bits per heavy atom. The molecule has 0 bridgehead atoms. The Kier molecular flexibility index (Phi) is 14.9. The minimum Gasteiger partial charge on any atom is -0.456 e. The fraction of sp³-hybridized carbons (Fsp3) is 0.750. The first-order valence-electron chi connectivity index (χ1n) is 18.4. The standard InChI is InChI=1S/C36H58N6O6/c1-25-20-31(48-26(25)2)36(47)42(33(44)24-39-32(43)23-40-34(45)29(37)21-27-12-6-3-7-13-27)30(22-28-14-8-4-9-15-28)35(46)38-16-19-41-17-10-5-11-18-41/h20,27-30H,3-19,21-24,37H2,1-2H3,(H,38,46)(H,39,43)(H,40,45)/t29-,30-/m0/s1. The van der Waals surface area contributed by atoms with Crippen LogP contribution >= 0.6 is 0 Å². The van der Waals surface area contributed by atoms with E-state index in [0.29, 0.717) is 37.6 Å². The van der Waals surface area contributed by atoms with E-state index in [0.717, 1.165) is 94.2 Å². The third-order valence-electron chi connectivity index (χ3n) is 10.4. The van der Waals surface area contributed by atoms with Crippen molar-refractivity contribution in [2.45, 2.75) is 122 Å². The number of rotatable bonds is 15. The first-order valence-corrected chi connectivity index (χ1v) is 18.4. The second-order valence-electron chi connectivity index (χ2n) is 14.2. The smallest absolute Gasteiger partial charge is 0.296 e. The molecule has 5 N–H and O–H groups in total. The number of carbonyl (C=O) groups excluding carboxylic acids is 5. The van der Waals surface area contributed by atoms with E-state index in [1.807, 2.05) is 6.92 Å². The first-order chi connectivity index (χ1) is 23.1. The number of nitrogens with zero attached hydrogens (tertiary/aromatic N) is 2. The highest BCUT2D eigenvalue weighted by Gasteiger charge is 2.38. The number of hydrogen-bond acceptors (Lipinski definition) is 8. The lowest BCUT2D eigenvalue weighted by Crippen LogP contribution is -2.56. The predicted molar refractivity (Wildman–Crippen MR) is 183 cm³/mol. The number of imide groups is 1. The second kappa shape index (κ2) is 19.1. The van der Waals surface area contributed by atoms with E-state index in [4.69, 9.17) is 10.2 Å². The van der Waals surface area contributed by atoms with Gasteiger partial charge < -0.3 is 31.0 Å². The van der Waals surface area contributed by atoms with Crippen LogP contribution in [0, 0.1) is 25.7 Å². The number of nitrogens with one attached hydrogen (secondary N) is 3. The molecule has 0 unspecified atom stereocenters. The van der Waals surface area contributed by atoms with Crippen molar-refractivity contribution >= 4 is 29.5 Å². The van der Waals surface area contributed by atoms with Gasteiger partial charge in [0.1, 0.15) is 11.8 Å². The van der Waals surface area contributed by atoms with Gasteiger partial charge in [-0.15, -0.1) is 0 Å². The Hall–Kier alpha value is -3.25. The van der Waals surface area contributed by atoms with Crippen LogP contribution in [0.4, 0.5) is 0 Å². The Morgan fingerprint density at radius 3 is 2.02 bits per heavy atom. The van der Waals surface area contributed by atoms with Crippen molar-refractivity contribution in [1.29, 1.82) is 0 Å². The van der Waals surface area contributed by atoms with Crippen LogP contribution in [0.3, 0.4) is 0 Å². The molecular weight excluding hydrogens is 612 g/mol. The summed E-state index contributed by atoms with van der Waals surface area (Å²) in [6.45, 7) is 5.78. The topological polar surface area (TPSA) is 167 Å². The molecule has 0 radical (unpaired) electrons. The number of amides is 5. The van der Waals surface area contributed by atoms with Gasteiger partial charge in [0.15, 0.2) is 5.76 Å². The summed E-state index contributed by atoms with van der Waals surface area (Å²) in [4.78, 5) is 70.4. The van der Waals surface area contributed by atoms with Crippen LogP contribution in [0.15, 0.2) is 10.5 Å². The normalized spacial score (nSPS) is 19.2. The molecule has 12 nitrogen and oxygen atoms in total. The molecule has 1 saturated heterocycles. The maximum absolute atomic E-state index is 14.0. The molecule has 1 aromatic rings. The van der Waals surface area contributed by atoms with Crippen LogP contribution in [0.2, 0.25) is 0 Å². The van der Waals surface area contributed by atoms with Crippen LogP contribution in [-0.2, 0) is 19.2 Å². The highest BCUT2D eigenvalue weighted by atomic mass is 16.4. The Bertz CT molecular complexity index is 1210. The first kappa shape index (κ1) is 37.6. The van der Waals surface area contributed by atoms with E-state index in [-0.39, 0.29) is 24.1 Å². The van der Waals surface area contributed by atoms with Gasteiger partial charge in [0, 0.05) is 13.1 Å². The second-order valence-corrected chi connectivity index (χ2v) is 14.2. The summed E-state index contributed by atoms with van der Waals surface area (Å²) in [5.41, 5.74) is 6.88. The number of carbonyl (C=O) groups is 5. The van der Waals surface area contributed by atoms with E-state index >= 15 is 0 Å². The van der Waals surface area contributed by atoms with Crippen molar-refractivity contribution < 1.29 is 28.4 Å². The lowest BCUT2D eigenvalue weighted by atomic mass is 9.84. The predicted octanol–water partition coefficient (Wildman–Crippen LogP) is 3.34. The molecule has 4 rings (SSSR count). The minimum atomic E-state index is -1.06. The molecule has 2 saturated carbocycles. The molecule has 2 heterocycles. The molecule has 3 aliphatic rings. The van der Waals surface area contributed by atoms with Gasteiger partial charge in [-0.25, -0.2) is 0 Å². The lowest BCUT2D eigenvalue weighted by molar-refractivity contribution is -0.138. The number of nitrogens with two attached hydrogens (primary N) is 1. The minimum absolute atomic E-state index is 0.0290. The summed E-state index contributed by atoms with van der Waals surface area (Å²) in [5.74, 6) is -1.69. The zero-order valence-corrected chi connectivity index (χ0v) is 29.2. The lowest BCUT2D eigenvalue weighted by Gasteiger charge is -2.33. The van der Waals surface area contributed by atoms with E-state index in [1.54, 1.807) is 13.0 Å². The molecule has 1 aromatic heterocycles. The van der Waals surface area contributed by atoms with E-state index < -0.39 is 42.3 Å². The van der Waals surface area contributed by atoms with E-state index in [9.17, 15) is 24.0 Å². The van der Waals surface area contributed by atoms with Crippen molar-refractivity contribution in [1.82, 2.24) is 25.8 Å². The van der Waals surface area contributed by atoms with Crippen molar-refractivity contribution in [2.75, 3.05) is 39.3 Å². The van der Waals surface area contributed by atoms with Gasteiger partial charge in [-0.05, 0) is 76.1 Å². The maximum Gasteiger partial charge on any atom is 0.296 e. The zero-order chi connectivity index (χ0) is 34.5. The maximum atomic E-state index is 14.0. The Balaban J connectivity index is 1.42. The summed E-state index contributed by atoms with van der Waals surface area (Å²) >= 11 is 0. The third-order valence-corrected chi connectivity index (χ3v) is 10.4. The fourth-order valence-electron chi connectivity index (χ4n) is 7.44. The largest absolute Gasteiger partial charge is 0.456 e. The molecule has 2 atom stereocenters. The Labute approximate surface area is 285 Å². The van der Waals surface area contributed by atoms with Crippen LogP contribution in [0.1, 0.15) is 118 Å². The van der Waals surface area contributed by atoms with Crippen molar-refractivity contribution in [2.24, 2.45) is 17.6 Å². The fourth-order valence-corrected chi connectivity index (χ4v) is 7.44. The quantitative estimate of drug-likeness (QED) is 0.221. The number of aryl methyl sites for hydroxylation is 2. The average Bonchev–Trinajstić information content (AvgIpc) is 3.44. The number of likely N-dealkylation sites (tertiary alicyclic amines) is 1. The van der Waals surface area contributed by atoms with Crippen LogP contribution in [0.5, 0.6) is 0 Å². The van der Waals surface area contributed by atoms with Crippen LogP contribution < -0.4 is 21.7 Å². The van der Waals surface area contributed by atoms with Gasteiger partial charge in [-0.2, -0.15) is 0 Å². The average molecular weight is 671 g/mol. The molecule has 3 fully saturated rings. The molecule has 48 heavy (non-hydrogen) atoms. The highest BCUT2D eigenvalue weighted by Crippen LogP contribution is 2.30. The molecule has 12 heteroatoms. The summed E-state index contributed by atoms with van der Waals surface area (Å²) in [7, 11) is 0. The molecule has 268 valence electrons. The molecular formula is C36H58N6O6. The highest BCUT2D eigenvalue weighted by molar-refractivity contribution is 6.07. The molecule has 1 aliphatic heterocycles. The van der Waals surface area contributed by atoms with Crippen molar-refractivity contribution in [3.63, 3.8) is 0 Å². The SMILES string of the molecule is Cc1cc(C(=O)N(C(=O)CNC(=O)CNC(=O)[C@@H](N)CC2CCCCC2)[C@@H](CC2CCCCC2)C(=O)NCCN2CCCCC2)oc1C. The summed E-state index contributed by atoms with van der Waals surface area (Å²) in [5, 5.41) is 8.13. The molecule has 0 spiro atoms. The summed E-state index contributed by atoms with van der Waals surface area (Å²) in [6.07, 6.45) is 15.1. The molecule has 2 aliphatic carbocycles. The number of hydrogen-bond donors (Lipinski definition) is 4. The van der Waals surface area contributed by atoms with Crippen LogP contribution in [0.25, 0.3) is 0 Å². The number of piperidine rings is 1. The number of furan rings is 1. The summed E-state index contributed by atoms with van der Waals surface area (Å²) in [6, 6.07) is -0.187. The summed E-state index contributed by atoms with van der Waals surface area (Å²) < 4.78 is 5.73. The van der Waals surface area contributed by atoms with Gasteiger partial charge in [-0.1, -0.05) is 70.6 Å². The van der Waals surface area contributed by atoms with Crippen LogP contribution in [-0.4, -0.2) is 90.7 Å². The van der Waals surface area contributed by atoms with E-state index in [2.05, 4.69) is 20.9 Å². The third kappa shape index (κ3) is 11.4. The van der Waals surface area contributed by atoms with Gasteiger partial charge in [0.2, 0.25) is 23.6 Å².